The number of aromatic nitrogens is 2. The lowest BCUT2D eigenvalue weighted by Crippen LogP contribution is -2.49. The van der Waals surface area contributed by atoms with E-state index in [1.807, 2.05) is 4.90 Å². The minimum absolute atomic E-state index is 0.0579. The van der Waals surface area contributed by atoms with Gasteiger partial charge in [0.15, 0.2) is 5.76 Å². The third kappa shape index (κ3) is 3.06. The molecule has 5 rings (SSSR count). The average Bonchev–Trinajstić information content (AvgIpc) is 3.34. The summed E-state index contributed by atoms with van der Waals surface area (Å²) in [6.07, 6.45) is 4.92. The van der Waals surface area contributed by atoms with Gasteiger partial charge in [-0.15, -0.1) is 11.3 Å². The van der Waals surface area contributed by atoms with E-state index in [0.717, 1.165) is 36.6 Å². The zero-order valence-corrected chi connectivity index (χ0v) is 17.2. The molecule has 0 spiro atoms. The summed E-state index contributed by atoms with van der Waals surface area (Å²) in [5.74, 6) is 1.97. The molecule has 8 heteroatoms. The summed E-state index contributed by atoms with van der Waals surface area (Å²) in [7, 11) is 0. The normalized spacial score (nSPS) is 19.9. The first-order valence-corrected chi connectivity index (χ1v) is 10.8. The number of rotatable bonds is 2. The molecular weight excluding hydrogens is 396 g/mol. The fraction of sp³-hybridized carbons (Fsp3) is 0.450. The number of halogens is 1. The lowest BCUT2D eigenvalue weighted by Gasteiger charge is -2.35. The Morgan fingerprint density at radius 2 is 2.11 bits per heavy atom. The number of anilines is 1. The fourth-order valence-corrected chi connectivity index (χ4v) is 5.80. The van der Waals surface area contributed by atoms with Crippen LogP contribution in [0.25, 0.3) is 10.2 Å². The van der Waals surface area contributed by atoms with Crippen molar-refractivity contribution in [3.05, 3.63) is 39.9 Å². The first kappa shape index (κ1) is 17.9. The average molecular weight is 417 g/mol. The minimum Gasteiger partial charge on any atom is -0.459 e. The van der Waals surface area contributed by atoms with E-state index in [-0.39, 0.29) is 5.91 Å². The smallest absolute Gasteiger partial charge is 0.289 e. The maximum atomic E-state index is 12.5. The highest BCUT2D eigenvalue weighted by Crippen LogP contribution is 2.41. The molecule has 1 aliphatic heterocycles. The van der Waals surface area contributed by atoms with E-state index in [4.69, 9.17) is 16.0 Å². The zero-order valence-electron chi connectivity index (χ0n) is 15.7. The molecule has 1 atom stereocenters. The van der Waals surface area contributed by atoms with Crippen LogP contribution in [0, 0.1) is 5.92 Å². The maximum Gasteiger partial charge on any atom is 0.289 e. The highest BCUT2D eigenvalue weighted by Gasteiger charge is 2.29. The van der Waals surface area contributed by atoms with Crippen LogP contribution < -0.4 is 4.90 Å². The Morgan fingerprint density at radius 3 is 2.86 bits per heavy atom. The van der Waals surface area contributed by atoms with Crippen LogP contribution in [0.4, 0.5) is 5.82 Å². The Kier molecular flexibility index (Phi) is 4.51. The van der Waals surface area contributed by atoms with Crippen LogP contribution in [-0.4, -0.2) is 47.0 Å². The molecule has 4 heterocycles. The quantitative estimate of drug-likeness (QED) is 0.590. The lowest BCUT2D eigenvalue weighted by molar-refractivity contribution is 0.0714. The number of hydrogen-bond donors (Lipinski definition) is 0. The fourth-order valence-electron chi connectivity index (χ4n) is 4.20. The van der Waals surface area contributed by atoms with E-state index in [1.54, 1.807) is 23.5 Å². The van der Waals surface area contributed by atoms with E-state index >= 15 is 0 Å². The molecule has 6 nitrogen and oxygen atoms in total. The predicted molar refractivity (Wildman–Crippen MR) is 110 cm³/mol. The Balaban J connectivity index is 1.43. The Hall–Kier alpha value is -2.12. The zero-order chi connectivity index (χ0) is 19.3. The second-order valence-corrected chi connectivity index (χ2v) is 9.03. The van der Waals surface area contributed by atoms with E-state index in [9.17, 15) is 4.79 Å². The van der Waals surface area contributed by atoms with Crippen molar-refractivity contribution in [3.8, 4) is 0 Å². The Labute approximate surface area is 172 Å². The highest BCUT2D eigenvalue weighted by molar-refractivity contribution is 7.19. The van der Waals surface area contributed by atoms with Gasteiger partial charge in [0.05, 0.1) is 11.6 Å². The van der Waals surface area contributed by atoms with Crippen LogP contribution >= 0.6 is 22.9 Å². The largest absolute Gasteiger partial charge is 0.459 e. The van der Waals surface area contributed by atoms with Crippen LogP contribution in [0.5, 0.6) is 0 Å². The van der Waals surface area contributed by atoms with E-state index in [0.29, 0.717) is 30.1 Å². The van der Waals surface area contributed by atoms with Crippen molar-refractivity contribution in [2.45, 2.75) is 26.2 Å². The number of aryl methyl sites for hydroxylation is 1. The van der Waals surface area contributed by atoms with E-state index in [1.165, 1.54) is 28.5 Å². The maximum absolute atomic E-state index is 12.5. The number of carbonyl (C=O) groups is 1. The third-order valence-electron chi connectivity index (χ3n) is 5.71. The lowest BCUT2D eigenvalue weighted by atomic mass is 9.89. The van der Waals surface area contributed by atoms with Crippen molar-refractivity contribution >= 4 is 44.9 Å². The van der Waals surface area contributed by atoms with Gasteiger partial charge in [-0.3, -0.25) is 4.79 Å². The predicted octanol–water partition coefficient (Wildman–Crippen LogP) is 4.02. The molecule has 0 radical (unpaired) electrons. The number of thiophene rings is 1. The number of amides is 1. The summed E-state index contributed by atoms with van der Waals surface area (Å²) in [6, 6.07) is 3.45. The molecule has 1 unspecified atom stereocenters. The SMILES string of the molecule is CC1CCc2c(sc3nc(Cl)nc(N4CCN(C(=O)c5ccco5)CC4)c23)C1. The van der Waals surface area contributed by atoms with Gasteiger partial charge in [0, 0.05) is 31.1 Å². The third-order valence-corrected chi connectivity index (χ3v) is 7.02. The molecule has 3 aromatic heterocycles. The molecule has 28 heavy (non-hydrogen) atoms. The molecule has 0 saturated carbocycles. The number of carbonyl (C=O) groups excluding carboxylic acids is 1. The van der Waals surface area contributed by atoms with E-state index in [2.05, 4.69) is 21.8 Å². The van der Waals surface area contributed by atoms with Gasteiger partial charge in [-0.25, -0.2) is 4.98 Å². The summed E-state index contributed by atoms with van der Waals surface area (Å²) >= 11 is 8.02. The van der Waals surface area contributed by atoms with Crippen LogP contribution in [-0.2, 0) is 12.8 Å². The van der Waals surface area contributed by atoms with Gasteiger partial charge in [0.1, 0.15) is 10.6 Å². The van der Waals surface area contributed by atoms with Crippen LogP contribution in [0.2, 0.25) is 5.28 Å². The molecule has 146 valence electrons. The molecule has 0 aromatic carbocycles. The van der Waals surface area contributed by atoms with Crippen LogP contribution in [0.3, 0.4) is 0 Å². The molecule has 1 saturated heterocycles. The Morgan fingerprint density at radius 1 is 1.29 bits per heavy atom. The van der Waals surface area contributed by atoms with Gasteiger partial charge in [-0.1, -0.05) is 6.92 Å². The summed E-state index contributed by atoms with van der Waals surface area (Å²) in [5, 5.41) is 1.46. The molecule has 3 aromatic rings. The number of piperazine rings is 1. The van der Waals surface area contributed by atoms with Crippen molar-refractivity contribution in [3.63, 3.8) is 0 Å². The Bertz CT molecular complexity index is 1020. The monoisotopic (exact) mass is 416 g/mol. The second-order valence-electron chi connectivity index (χ2n) is 7.60. The van der Waals surface area contributed by atoms with Crippen molar-refractivity contribution in [1.82, 2.24) is 14.9 Å². The molecule has 0 bridgehead atoms. The van der Waals surface area contributed by atoms with Crippen molar-refractivity contribution in [2.24, 2.45) is 5.92 Å². The van der Waals surface area contributed by atoms with Crippen LogP contribution in [0.15, 0.2) is 22.8 Å². The topological polar surface area (TPSA) is 62.5 Å². The number of fused-ring (bicyclic) bond motifs is 3. The highest BCUT2D eigenvalue weighted by atomic mass is 35.5. The standard InChI is InChI=1S/C20H21ClN4O2S/c1-12-4-5-13-15(11-12)28-18-16(13)17(22-20(21)23-18)24-6-8-25(9-7-24)19(26)14-3-2-10-27-14/h2-3,10,12H,4-9,11H2,1H3. The van der Waals surface area contributed by atoms with Crippen molar-refractivity contribution < 1.29 is 9.21 Å². The number of nitrogens with zero attached hydrogens (tertiary/aromatic N) is 4. The molecular formula is C20H21ClN4O2S. The molecule has 2 aliphatic rings. The molecule has 1 aliphatic carbocycles. The minimum atomic E-state index is -0.0579. The first-order chi connectivity index (χ1) is 13.6. The number of hydrogen-bond acceptors (Lipinski definition) is 6. The van der Waals surface area contributed by atoms with Gasteiger partial charge in [0.2, 0.25) is 5.28 Å². The summed E-state index contributed by atoms with van der Waals surface area (Å²) in [5.41, 5.74) is 1.40. The second kappa shape index (κ2) is 7.04. The van der Waals surface area contributed by atoms with Gasteiger partial charge < -0.3 is 14.2 Å². The van der Waals surface area contributed by atoms with Gasteiger partial charge in [0.25, 0.3) is 5.91 Å². The van der Waals surface area contributed by atoms with Gasteiger partial charge in [-0.05, 0) is 54.5 Å². The van der Waals surface area contributed by atoms with Gasteiger partial charge >= 0.3 is 0 Å². The summed E-state index contributed by atoms with van der Waals surface area (Å²) < 4.78 is 5.25. The molecule has 0 N–H and O–H groups in total. The van der Waals surface area contributed by atoms with Crippen molar-refractivity contribution in [1.29, 1.82) is 0 Å². The van der Waals surface area contributed by atoms with Crippen LogP contribution in [0.1, 0.15) is 34.3 Å². The molecule has 1 fully saturated rings. The molecule has 1 amide bonds. The first-order valence-electron chi connectivity index (χ1n) is 9.65. The summed E-state index contributed by atoms with van der Waals surface area (Å²) in [4.78, 5) is 28.1. The summed E-state index contributed by atoms with van der Waals surface area (Å²) in [6.45, 7) is 5.01. The van der Waals surface area contributed by atoms with Crippen molar-refractivity contribution in [2.75, 3.05) is 31.1 Å². The van der Waals surface area contributed by atoms with E-state index < -0.39 is 0 Å². The van der Waals surface area contributed by atoms with Gasteiger partial charge in [-0.2, -0.15) is 4.98 Å². The number of furan rings is 1.